The topological polar surface area (TPSA) is 58.2 Å². The van der Waals surface area contributed by atoms with Gasteiger partial charge in [0.05, 0.1) is 0 Å². The van der Waals surface area contributed by atoms with Crippen LogP contribution in [0.4, 0.5) is 10.1 Å². The fourth-order valence-electron chi connectivity index (χ4n) is 2.68. The summed E-state index contributed by atoms with van der Waals surface area (Å²) in [5, 5.41) is 5.80. The maximum atomic E-state index is 13.3. The summed E-state index contributed by atoms with van der Waals surface area (Å²) >= 11 is 0. The van der Waals surface area contributed by atoms with Crippen molar-refractivity contribution in [2.75, 3.05) is 5.32 Å². The number of benzene rings is 2. The zero-order valence-corrected chi connectivity index (χ0v) is 16.1. The number of carbonyl (C=O) groups excluding carboxylic acids is 2. The van der Waals surface area contributed by atoms with Gasteiger partial charge in [-0.05, 0) is 48.2 Å². The Morgan fingerprint density at radius 1 is 0.963 bits per heavy atom. The van der Waals surface area contributed by atoms with Crippen LogP contribution in [0.25, 0.3) is 0 Å². The van der Waals surface area contributed by atoms with Crippen LogP contribution in [0, 0.1) is 17.7 Å². The van der Waals surface area contributed by atoms with E-state index < -0.39 is 0 Å². The third-order valence-electron chi connectivity index (χ3n) is 4.60. The molecule has 2 atom stereocenters. The van der Waals surface area contributed by atoms with Gasteiger partial charge in [-0.3, -0.25) is 9.59 Å². The Labute approximate surface area is 160 Å². The van der Waals surface area contributed by atoms with Crippen LogP contribution in [0.3, 0.4) is 0 Å². The lowest BCUT2D eigenvalue weighted by Crippen LogP contribution is -2.30. The molecule has 27 heavy (non-hydrogen) atoms. The second kappa shape index (κ2) is 9.86. The lowest BCUT2D eigenvalue weighted by Gasteiger charge is -2.14. The number of halogens is 1. The van der Waals surface area contributed by atoms with Crippen molar-refractivity contribution in [3.8, 4) is 0 Å². The van der Waals surface area contributed by atoms with Gasteiger partial charge in [0.1, 0.15) is 5.82 Å². The summed E-state index contributed by atoms with van der Waals surface area (Å²) in [7, 11) is 0. The molecule has 0 aliphatic rings. The number of carbonyl (C=O) groups is 2. The van der Waals surface area contributed by atoms with Crippen molar-refractivity contribution < 1.29 is 14.0 Å². The number of amides is 2. The van der Waals surface area contributed by atoms with Gasteiger partial charge in [0.2, 0.25) is 11.8 Å². The Morgan fingerprint density at radius 2 is 1.67 bits per heavy atom. The molecule has 0 aliphatic heterocycles. The summed E-state index contributed by atoms with van der Waals surface area (Å²) in [6, 6.07) is 13.7. The molecule has 0 saturated carbocycles. The highest BCUT2D eigenvalue weighted by atomic mass is 19.1. The van der Waals surface area contributed by atoms with Gasteiger partial charge >= 0.3 is 0 Å². The van der Waals surface area contributed by atoms with Gasteiger partial charge in [0.15, 0.2) is 0 Å². The summed E-state index contributed by atoms with van der Waals surface area (Å²) in [6.45, 7) is 6.06. The fraction of sp³-hybridized carbons (Fsp3) is 0.364. The van der Waals surface area contributed by atoms with E-state index in [9.17, 15) is 14.0 Å². The van der Waals surface area contributed by atoms with Crippen LogP contribution in [0.5, 0.6) is 0 Å². The molecule has 0 heterocycles. The average Bonchev–Trinajstić information content (AvgIpc) is 2.65. The number of hydrogen-bond donors (Lipinski definition) is 2. The first-order valence-electron chi connectivity index (χ1n) is 9.31. The predicted octanol–water partition coefficient (Wildman–Crippen LogP) is 4.31. The van der Waals surface area contributed by atoms with Crippen LogP contribution in [0.2, 0.25) is 0 Å². The van der Waals surface area contributed by atoms with E-state index in [0.29, 0.717) is 13.0 Å². The number of hydrogen-bond acceptors (Lipinski definition) is 2. The number of anilines is 1. The minimum absolute atomic E-state index is 0.0117. The summed E-state index contributed by atoms with van der Waals surface area (Å²) in [5.41, 5.74) is 2.43. The van der Waals surface area contributed by atoms with Gasteiger partial charge in [-0.25, -0.2) is 4.39 Å². The quantitative estimate of drug-likeness (QED) is 0.728. The molecule has 0 aromatic heterocycles. The second-order valence-electron chi connectivity index (χ2n) is 6.95. The lowest BCUT2D eigenvalue weighted by molar-refractivity contribution is -0.124. The third kappa shape index (κ3) is 6.51. The van der Waals surface area contributed by atoms with Crippen LogP contribution in [-0.2, 0) is 22.6 Å². The van der Waals surface area contributed by atoms with E-state index in [4.69, 9.17) is 0 Å². The maximum absolute atomic E-state index is 13.3. The molecule has 2 amide bonds. The number of nitrogens with one attached hydrogen (secondary N) is 2. The fourth-order valence-corrected chi connectivity index (χ4v) is 2.68. The molecule has 2 aromatic carbocycles. The molecular weight excluding hydrogens is 343 g/mol. The van der Waals surface area contributed by atoms with E-state index in [-0.39, 0.29) is 29.5 Å². The van der Waals surface area contributed by atoms with E-state index in [2.05, 4.69) is 10.6 Å². The predicted molar refractivity (Wildman–Crippen MR) is 106 cm³/mol. The Balaban J connectivity index is 1.89. The van der Waals surface area contributed by atoms with Crippen molar-refractivity contribution >= 4 is 17.5 Å². The first kappa shape index (κ1) is 20.6. The molecule has 0 bridgehead atoms. The lowest BCUT2D eigenvalue weighted by atomic mass is 10.00. The van der Waals surface area contributed by atoms with Crippen molar-refractivity contribution in [1.82, 2.24) is 5.32 Å². The van der Waals surface area contributed by atoms with E-state index in [1.807, 2.05) is 51.1 Å². The smallest absolute Gasteiger partial charge is 0.227 e. The van der Waals surface area contributed by atoms with Crippen LogP contribution in [0.1, 0.15) is 38.3 Å². The minimum Gasteiger partial charge on any atom is -0.352 e. The molecule has 0 fully saturated rings. The largest absolute Gasteiger partial charge is 0.352 e. The Kier molecular flexibility index (Phi) is 7.53. The summed E-state index contributed by atoms with van der Waals surface area (Å²) < 4.78 is 13.3. The highest BCUT2D eigenvalue weighted by Gasteiger charge is 2.14. The summed E-state index contributed by atoms with van der Waals surface area (Å²) in [4.78, 5) is 24.3. The SMILES string of the molecule is CCC(C)C(=O)Nc1cccc(CNC(=O)C(C)Cc2cccc(F)c2)c1. The molecule has 2 unspecified atom stereocenters. The van der Waals surface area contributed by atoms with Gasteiger partial charge in [-0.15, -0.1) is 0 Å². The Morgan fingerprint density at radius 3 is 2.37 bits per heavy atom. The first-order chi connectivity index (χ1) is 12.9. The van der Waals surface area contributed by atoms with Gasteiger partial charge in [0, 0.05) is 24.1 Å². The van der Waals surface area contributed by atoms with Gasteiger partial charge in [0.25, 0.3) is 0 Å². The maximum Gasteiger partial charge on any atom is 0.227 e. The first-order valence-corrected chi connectivity index (χ1v) is 9.31. The van der Waals surface area contributed by atoms with Crippen molar-refractivity contribution in [2.24, 2.45) is 11.8 Å². The molecule has 5 heteroatoms. The monoisotopic (exact) mass is 370 g/mol. The molecular formula is C22H27FN2O2. The zero-order chi connectivity index (χ0) is 19.8. The molecule has 0 saturated heterocycles. The van der Waals surface area contributed by atoms with Crippen LogP contribution < -0.4 is 10.6 Å². The van der Waals surface area contributed by atoms with Crippen LogP contribution in [0.15, 0.2) is 48.5 Å². The van der Waals surface area contributed by atoms with E-state index in [1.54, 1.807) is 6.07 Å². The van der Waals surface area contributed by atoms with Gasteiger partial charge < -0.3 is 10.6 Å². The Hall–Kier alpha value is -2.69. The minimum atomic E-state index is -0.295. The zero-order valence-electron chi connectivity index (χ0n) is 16.1. The molecule has 144 valence electrons. The molecule has 2 N–H and O–H groups in total. The normalized spacial score (nSPS) is 12.9. The van der Waals surface area contributed by atoms with Crippen LogP contribution in [-0.4, -0.2) is 11.8 Å². The third-order valence-corrected chi connectivity index (χ3v) is 4.60. The molecule has 0 spiro atoms. The van der Waals surface area contributed by atoms with E-state index in [1.165, 1.54) is 12.1 Å². The molecule has 0 aliphatic carbocycles. The van der Waals surface area contributed by atoms with Crippen molar-refractivity contribution in [2.45, 2.75) is 40.2 Å². The molecule has 2 aromatic rings. The van der Waals surface area contributed by atoms with Crippen LogP contribution >= 0.6 is 0 Å². The van der Waals surface area contributed by atoms with Gasteiger partial charge in [-0.2, -0.15) is 0 Å². The van der Waals surface area contributed by atoms with Crippen molar-refractivity contribution in [3.63, 3.8) is 0 Å². The highest BCUT2D eigenvalue weighted by molar-refractivity contribution is 5.92. The summed E-state index contributed by atoms with van der Waals surface area (Å²) in [6.07, 6.45) is 1.26. The highest BCUT2D eigenvalue weighted by Crippen LogP contribution is 2.14. The molecule has 4 nitrogen and oxygen atoms in total. The van der Waals surface area contributed by atoms with Crippen molar-refractivity contribution in [3.05, 3.63) is 65.5 Å². The van der Waals surface area contributed by atoms with E-state index in [0.717, 1.165) is 23.2 Å². The van der Waals surface area contributed by atoms with E-state index >= 15 is 0 Å². The number of rotatable bonds is 8. The molecule has 0 radical (unpaired) electrons. The van der Waals surface area contributed by atoms with Crippen molar-refractivity contribution in [1.29, 1.82) is 0 Å². The average molecular weight is 370 g/mol. The Bertz CT molecular complexity index is 791. The molecule has 2 rings (SSSR count). The second-order valence-corrected chi connectivity index (χ2v) is 6.95. The van der Waals surface area contributed by atoms with Gasteiger partial charge in [-0.1, -0.05) is 45.0 Å². The summed E-state index contributed by atoms with van der Waals surface area (Å²) in [5.74, 6) is -0.704. The standard InChI is InChI=1S/C22H27FN2O2/c1-4-15(2)22(27)25-20-10-6-8-18(13-20)14-24-21(26)16(3)11-17-7-5-9-19(23)12-17/h5-10,12-13,15-16H,4,11,14H2,1-3H3,(H,24,26)(H,25,27).